The van der Waals surface area contributed by atoms with Crippen LogP contribution in [0.1, 0.15) is 0 Å². The van der Waals surface area contributed by atoms with Crippen LogP contribution in [-0.2, 0) is 13.1 Å². The summed E-state index contributed by atoms with van der Waals surface area (Å²) in [7, 11) is 0. The van der Waals surface area contributed by atoms with Crippen LogP contribution in [0.2, 0.25) is 0 Å². The van der Waals surface area contributed by atoms with Crippen LogP contribution in [0.25, 0.3) is 0 Å². The highest BCUT2D eigenvalue weighted by Crippen LogP contribution is 2.13. The van der Waals surface area contributed by atoms with E-state index < -0.39 is 0 Å². The van der Waals surface area contributed by atoms with Crippen molar-refractivity contribution >= 4 is 24.1 Å². The van der Waals surface area contributed by atoms with Crippen molar-refractivity contribution in [3.8, 4) is 0 Å². The molecule has 0 aromatic rings. The van der Waals surface area contributed by atoms with Crippen LogP contribution in [0.3, 0.4) is 0 Å². The number of ether oxygens (including phenoxy) is 2. The fourth-order valence-electron chi connectivity index (χ4n) is 0.621. The average Bonchev–Trinajstić information content (AvgIpc) is 2.26. The molecule has 0 aromatic carbocycles. The second-order valence-electron chi connectivity index (χ2n) is 2.38. The van der Waals surface area contributed by atoms with Crippen LogP contribution in [0, 0.1) is 0 Å². The molecule has 0 aliphatic rings. The van der Waals surface area contributed by atoms with Crippen molar-refractivity contribution in [2.75, 3.05) is 51.1 Å². The van der Waals surface area contributed by atoms with Gasteiger partial charge < -0.3 is 19.7 Å². The lowest BCUT2D eigenvalue weighted by atomic mass is 10.7. The molecule has 0 saturated carbocycles. The van der Waals surface area contributed by atoms with Gasteiger partial charge in [0.15, 0.2) is 0 Å². The Morgan fingerprint density at radius 2 is 1.20 bits per heavy atom. The maximum absolute atomic E-state index is 8.41. The Morgan fingerprint density at radius 3 is 1.60 bits per heavy atom. The van der Waals surface area contributed by atoms with Crippen molar-refractivity contribution in [2.24, 2.45) is 0 Å². The third-order valence-electron chi connectivity index (χ3n) is 1.19. The summed E-state index contributed by atoms with van der Waals surface area (Å²) < 4.78 is 15.2. The molecule has 0 rings (SSSR count). The lowest BCUT2D eigenvalue weighted by molar-refractivity contribution is 0.103. The Bertz CT molecular complexity index is 105. The molecule has 92 valence electrons. The number of hydrogen-bond acceptors (Lipinski definition) is 7. The molecular formula is C8H18O5S2. The van der Waals surface area contributed by atoms with Crippen LogP contribution in [0.4, 0.5) is 0 Å². The highest BCUT2D eigenvalue weighted by atomic mass is 32.2. The summed E-state index contributed by atoms with van der Waals surface area (Å²) in [5, 5.41) is 16.8. The van der Waals surface area contributed by atoms with Gasteiger partial charge in [-0.05, 0) is 0 Å². The molecule has 0 aromatic heterocycles. The molecule has 0 aliphatic heterocycles. The molecule has 0 saturated heterocycles. The van der Waals surface area contributed by atoms with E-state index in [0.29, 0.717) is 26.4 Å². The van der Waals surface area contributed by atoms with Gasteiger partial charge in [0.1, 0.15) is 0 Å². The highest BCUT2D eigenvalue weighted by molar-refractivity contribution is 8.07. The molecular weight excluding hydrogens is 240 g/mol. The third kappa shape index (κ3) is 14.5. The van der Waals surface area contributed by atoms with Gasteiger partial charge in [-0.1, -0.05) is 0 Å². The Hall–Kier alpha value is 0.500. The van der Waals surface area contributed by atoms with E-state index in [2.05, 4.69) is 0 Å². The molecule has 0 aliphatic carbocycles. The highest BCUT2D eigenvalue weighted by Gasteiger charge is 1.93. The van der Waals surface area contributed by atoms with Crippen molar-refractivity contribution in [2.45, 2.75) is 0 Å². The first-order chi connectivity index (χ1) is 7.41. The van der Waals surface area contributed by atoms with Crippen LogP contribution in [0.15, 0.2) is 0 Å². The van der Waals surface area contributed by atoms with Crippen LogP contribution in [0.5, 0.6) is 0 Å². The van der Waals surface area contributed by atoms with Gasteiger partial charge in [-0.25, -0.2) is 3.63 Å². The minimum absolute atomic E-state index is 0.0580. The van der Waals surface area contributed by atoms with Gasteiger partial charge in [0, 0.05) is 35.6 Å². The van der Waals surface area contributed by atoms with Crippen molar-refractivity contribution in [1.29, 1.82) is 0 Å². The van der Waals surface area contributed by atoms with E-state index in [0.717, 1.165) is 11.5 Å². The molecule has 0 spiro atoms. The molecule has 0 bridgehead atoms. The van der Waals surface area contributed by atoms with Gasteiger partial charge in [0.2, 0.25) is 0 Å². The summed E-state index contributed by atoms with van der Waals surface area (Å²) >= 11 is 2.64. The monoisotopic (exact) mass is 258 g/mol. The van der Waals surface area contributed by atoms with Crippen LogP contribution >= 0.6 is 24.1 Å². The van der Waals surface area contributed by atoms with Gasteiger partial charge in [0.05, 0.1) is 39.6 Å². The minimum atomic E-state index is 0.0580. The van der Waals surface area contributed by atoms with Crippen LogP contribution in [-0.4, -0.2) is 61.4 Å². The second-order valence-corrected chi connectivity index (χ2v) is 4.22. The van der Waals surface area contributed by atoms with E-state index in [4.69, 9.17) is 23.3 Å². The summed E-state index contributed by atoms with van der Waals surface area (Å²) in [6.45, 7) is 2.02. The predicted molar refractivity (Wildman–Crippen MR) is 61.8 cm³/mol. The van der Waals surface area contributed by atoms with Gasteiger partial charge in [-0.3, -0.25) is 0 Å². The molecule has 0 heterocycles. The Balaban J connectivity index is 2.81. The molecule has 15 heavy (non-hydrogen) atoms. The average molecular weight is 258 g/mol. The third-order valence-corrected chi connectivity index (χ3v) is 2.63. The van der Waals surface area contributed by atoms with E-state index in [1.165, 1.54) is 24.1 Å². The molecule has 0 radical (unpaired) electrons. The Morgan fingerprint density at radius 1 is 0.733 bits per heavy atom. The summed E-state index contributed by atoms with van der Waals surface area (Å²) in [5.74, 6) is 1.48. The van der Waals surface area contributed by atoms with Crippen molar-refractivity contribution in [1.82, 2.24) is 0 Å². The zero-order valence-corrected chi connectivity index (χ0v) is 10.2. The molecule has 7 heteroatoms. The Labute approximate surface area is 98.9 Å². The fraction of sp³-hybridized carbons (Fsp3) is 1.00. The predicted octanol–water partition coefficient (Wildman–Crippen LogP) is 0.317. The first-order valence-corrected chi connectivity index (χ1v) is 6.52. The molecule has 5 nitrogen and oxygen atoms in total. The van der Waals surface area contributed by atoms with E-state index >= 15 is 0 Å². The summed E-state index contributed by atoms with van der Waals surface area (Å²) in [5.41, 5.74) is 0. The van der Waals surface area contributed by atoms with Gasteiger partial charge >= 0.3 is 0 Å². The van der Waals surface area contributed by atoms with Crippen molar-refractivity contribution in [3.63, 3.8) is 0 Å². The molecule has 0 amide bonds. The number of rotatable bonds is 12. The van der Waals surface area contributed by atoms with E-state index in [-0.39, 0.29) is 13.2 Å². The molecule has 0 atom stereocenters. The lowest BCUT2D eigenvalue weighted by Gasteiger charge is -2.03. The topological polar surface area (TPSA) is 68.2 Å². The standard InChI is InChI=1S/C8H18O5S2/c9-1-3-11-5-7-14-13-15-8-6-12-4-2-10/h9-10H,1-8H2. The normalized spacial score (nSPS) is 10.8. The van der Waals surface area contributed by atoms with Gasteiger partial charge in [-0.15, -0.1) is 0 Å². The smallest absolute Gasteiger partial charge is 0.0698 e. The number of aliphatic hydroxyl groups excluding tert-OH is 2. The first kappa shape index (κ1) is 15.5. The SMILES string of the molecule is OCCOCCSOSCCOCCO. The van der Waals surface area contributed by atoms with Gasteiger partial charge in [0.25, 0.3) is 0 Å². The van der Waals surface area contributed by atoms with E-state index in [1.54, 1.807) is 0 Å². The minimum Gasteiger partial charge on any atom is -0.394 e. The number of aliphatic hydroxyl groups is 2. The maximum atomic E-state index is 8.41. The first-order valence-electron chi connectivity index (χ1n) is 4.70. The Kier molecular flexibility index (Phi) is 15.0. The van der Waals surface area contributed by atoms with Crippen LogP contribution < -0.4 is 0 Å². The second kappa shape index (κ2) is 14.5. The fourth-order valence-corrected chi connectivity index (χ4v) is 1.81. The lowest BCUT2D eigenvalue weighted by Crippen LogP contribution is -2.03. The summed E-state index contributed by atoms with van der Waals surface area (Å²) in [6.07, 6.45) is 0. The molecule has 0 unspecified atom stereocenters. The zero-order chi connectivity index (χ0) is 11.2. The van der Waals surface area contributed by atoms with Crippen molar-refractivity contribution in [3.05, 3.63) is 0 Å². The van der Waals surface area contributed by atoms with E-state index in [1.807, 2.05) is 0 Å². The van der Waals surface area contributed by atoms with Crippen molar-refractivity contribution < 1.29 is 23.3 Å². The largest absolute Gasteiger partial charge is 0.394 e. The molecule has 0 fully saturated rings. The molecule has 2 N–H and O–H groups in total. The van der Waals surface area contributed by atoms with E-state index in [9.17, 15) is 0 Å². The van der Waals surface area contributed by atoms with Gasteiger partial charge in [-0.2, -0.15) is 0 Å². The zero-order valence-electron chi connectivity index (χ0n) is 8.59. The maximum Gasteiger partial charge on any atom is 0.0698 e. The summed E-state index contributed by atoms with van der Waals surface area (Å²) in [4.78, 5) is 0. The summed E-state index contributed by atoms with van der Waals surface area (Å²) in [6, 6.07) is 0. The quantitative estimate of drug-likeness (QED) is 0.386. The number of hydrogen-bond donors (Lipinski definition) is 2.